The molecule has 0 aliphatic rings. The lowest BCUT2D eigenvalue weighted by Gasteiger charge is -2.08. The molecule has 2 aromatic rings. The van der Waals surface area contributed by atoms with Crippen molar-refractivity contribution in [1.82, 2.24) is 4.98 Å². The number of nitrogens with zero attached hydrogens (tertiary/aromatic N) is 1. The molecule has 2 rings (SSSR count). The van der Waals surface area contributed by atoms with Gasteiger partial charge < -0.3 is 10.1 Å². The maximum atomic E-state index is 13.6. The molecule has 94 valence electrons. The van der Waals surface area contributed by atoms with Crippen molar-refractivity contribution in [3.05, 3.63) is 46.9 Å². The van der Waals surface area contributed by atoms with Crippen molar-refractivity contribution in [2.45, 2.75) is 6.92 Å². The molecule has 5 heteroatoms. The van der Waals surface area contributed by atoms with Crippen molar-refractivity contribution in [3.8, 4) is 11.5 Å². The minimum atomic E-state index is -0.418. The Morgan fingerprint density at radius 3 is 2.89 bits per heavy atom. The summed E-state index contributed by atoms with van der Waals surface area (Å²) >= 11 is 3.20. The fourth-order valence-electron chi connectivity index (χ4n) is 1.46. The SMILES string of the molecule is CCNc1cncc(Oc2ccc(Br)cc2F)c1. The van der Waals surface area contributed by atoms with Crippen molar-refractivity contribution < 1.29 is 9.13 Å². The number of benzene rings is 1. The zero-order valence-corrected chi connectivity index (χ0v) is 11.4. The van der Waals surface area contributed by atoms with Gasteiger partial charge >= 0.3 is 0 Å². The fraction of sp³-hybridized carbons (Fsp3) is 0.154. The second kappa shape index (κ2) is 5.82. The molecule has 0 saturated carbocycles. The van der Waals surface area contributed by atoms with E-state index in [9.17, 15) is 4.39 Å². The molecular formula is C13H12BrFN2O. The van der Waals surface area contributed by atoms with Crippen LogP contribution in [0.2, 0.25) is 0 Å². The molecule has 0 bridgehead atoms. The van der Waals surface area contributed by atoms with Gasteiger partial charge in [-0.2, -0.15) is 0 Å². The van der Waals surface area contributed by atoms with E-state index in [-0.39, 0.29) is 5.75 Å². The Bertz CT molecular complexity index is 548. The third-order valence-corrected chi connectivity index (χ3v) is 2.71. The maximum Gasteiger partial charge on any atom is 0.166 e. The van der Waals surface area contributed by atoms with Gasteiger partial charge in [0.2, 0.25) is 0 Å². The number of aromatic nitrogens is 1. The van der Waals surface area contributed by atoms with Crippen molar-refractivity contribution in [2.24, 2.45) is 0 Å². The monoisotopic (exact) mass is 310 g/mol. The van der Waals surface area contributed by atoms with Gasteiger partial charge in [0.1, 0.15) is 5.75 Å². The summed E-state index contributed by atoms with van der Waals surface area (Å²) in [6.45, 7) is 2.78. The minimum Gasteiger partial charge on any atom is -0.453 e. The van der Waals surface area contributed by atoms with Crippen LogP contribution < -0.4 is 10.1 Å². The third-order valence-electron chi connectivity index (χ3n) is 2.22. The lowest BCUT2D eigenvalue weighted by molar-refractivity contribution is 0.440. The molecule has 1 heterocycles. The van der Waals surface area contributed by atoms with Crippen molar-refractivity contribution in [2.75, 3.05) is 11.9 Å². The summed E-state index contributed by atoms with van der Waals surface area (Å²) < 4.78 is 19.7. The maximum absolute atomic E-state index is 13.6. The Labute approximate surface area is 113 Å². The van der Waals surface area contributed by atoms with Crippen LogP contribution >= 0.6 is 15.9 Å². The molecule has 0 unspecified atom stereocenters. The second-order valence-corrected chi connectivity index (χ2v) is 4.53. The van der Waals surface area contributed by atoms with Crippen molar-refractivity contribution in [3.63, 3.8) is 0 Å². The highest BCUT2D eigenvalue weighted by atomic mass is 79.9. The second-order valence-electron chi connectivity index (χ2n) is 3.62. The Morgan fingerprint density at radius 1 is 1.33 bits per heavy atom. The molecule has 0 aliphatic carbocycles. The molecule has 0 saturated heterocycles. The molecule has 0 atom stereocenters. The van der Waals surface area contributed by atoms with Crippen LogP contribution in [0.25, 0.3) is 0 Å². The van der Waals surface area contributed by atoms with Gasteiger partial charge in [-0.25, -0.2) is 4.39 Å². The van der Waals surface area contributed by atoms with Gasteiger partial charge in [-0.15, -0.1) is 0 Å². The van der Waals surface area contributed by atoms with Gasteiger partial charge in [-0.3, -0.25) is 4.98 Å². The molecule has 0 fully saturated rings. The van der Waals surface area contributed by atoms with Gasteiger partial charge in [0.25, 0.3) is 0 Å². The molecule has 1 N–H and O–H groups in total. The summed E-state index contributed by atoms with van der Waals surface area (Å²) in [6.07, 6.45) is 3.23. The van der Waals surface area contributed by atoms with Crippen LogP contribution in [-0.4, -0.2) is 11.5 Å². The van der Waals surface area contributed by atoms with E-state index < -0.39 is 5.82 Å². The summed E-state index contributed by atoms with van der Waals surface area (Å²) in [5.74, 6) is 0.251. The predicted octanol–water partition coefficient (Wildman–Crippen LogP) is 4.21. The van der Waals surface area contributed by atoms with E-state index in [1.165, 1.54) is 6.07 Å². The van der Waals surface area contributed by atoms with Crippen LogP contribution in [-0.2, 0) is 0 Å². The van der Waals surface area contributed by atoms with E-state index in [1.54, 1.807) is 30.6 Å². The van der Waals surface area contributed by atoms with Crippen LogP contribution in [0.1, 0.15) is 6.92 Å². The molecule has 1 aromatic carbocycles. The highest BCUT2D eigenvalue weighted by Crippen LogP contribution is 2.27. The molecule has 0 amide bonds. The molecule has 0 spiro atoms. The fourth-order valence-corrected chi connectivity index (χ4v) is 1.79. The highest BCUT2D eigenvalue weighted by Gasteiger charge is 2.06. The number of halogens is 2. The first-order valence-electron chi connectivity index (χ1n) is 5.51. The molecule has 18 heavy (non-hydrogen) atoms. The van der Waals surface area contributed by atoms with E-state index in [0.29, 0.717) is 10.2 Å². The van der Waals surface area contributed by atoms with Crippen LogP contribution in [0.5, 0.6) is 11.5 Å². The number of anilines is 1. The quantitative estimate of drug-likeness (QED) is 0.918. The van der Waals surface area contributed by atoms with Crippen molar-refractivity contribution >= 4 is 21.6 Å². The van der Waals surface area contributed by atoms with Gasteiger partial charge in [0.05, 0.1) is 18.1 Å². The Kier molecular flexibility index (Phi) is 4.15. The average Bonchev–Trinajstić information content (AvgIpc) is 2.34. The Balaban J connectivity index is 2.20. The van der Waals surface area contributed by atoms with Crippen LogP contribution in [0.3, 0.4) is 0 Å². The Morgan fingerprint density at radius 2 is 2.17 bits per heavy atom. The standard InChI is InChI=1S/C13H12BrFN2O/c1-2-17-10-6-11(8-16-7-10)18-13-4-3-9(14)5-12(13)15/h3-8,17H,2H2,1H3. The van der Waals surface area contributed by atoms with Crippen molar-refractivity contribution in [1.29, 1.82) is 0 Å². The summed E-state index contributed by atoms with van der Waals surface area (Å²) in [7, 11) is 0. The smallest absolute Gasteiger partial charge is 0.166 e. The topological polar surface area (TPSA) is 34.2 Å². The Hall–Kier alpha value is -1.62. The van der Waals surface area contributed by atoms with E-state index in [2.05, 4.69) is 26.2 Å². The largest absolute Gasteiger partial charge is 0.453 e. The first-order valence-corrected chi connectivity index (χ1v) is 6.30. The number of rotatable bonds is 4. The summed E-state index contributed by atoms with van der Waals surface area (Å²) in [6, 6.07) is 6.42. The molecule has 0 aliphatic heterocycles. The van der Waals surface area contributed by atoms with Gasteiger partial charge in [0.15, 0.2) is 11.6 Å². The lowest BCUT2D eigenvalue weighted by atomic mass is 10.3. The molecule has 3 nitrogen and oxygen atoms in total. The van der Waals surface area contributed by atoms with Crippen LogP contribution in [0.15, 0.2) is 41.1 Å². The zero-order valence-electron chi connectivity index (χ0n) is 9.78. The van der Waals surface area contributed by atoms with E-state index in [1.807, 2.05) is 6.92 Å². The molecule has 1 aromatic heterocycles. The van der Waals surface area contributed by atoms with Crippen LogP contribution in [0.4, 0.5) is 10.1 Å². The number of pyridine rings is 1. The number of nitrogens with one attached hydrogen (secondary N) is 1. The number of hydrogen-bond donors (Lipinski definition) is 1. The van der Waals surface area contributed by atoms with E-state index in [0.717, 1.165) is 12.2 Å². The molecule has 0 radical (unpaired) electrons. The highest BCUT2D eigenvalue weighted by molar-refractivity contribution is 9.10. The normalized spacial score (nSPS) is 10.2. The van der Waals surface area contributed by atoms with Crippen LogP contribution in [0, 0.1) is 5.82 Å². The summed E-state index contributed by atoms with van der Waals surface area (Å²) in [5.41, 5.74) is 0.840. The lowest BCUT2D eigenvalue weighted by Crippen LogP contribution is -1.97. The first-order chi connectivity index (χ1) is 8.69. The predicted molar refractivity (Wildman–Crippen MR) is 72.6 cm³/mol. The minimum absolute atomic E-state index is 0.175. The molecular weight excluding hydrogens is 299 g/mol. The summed E-state index contributed by atoms with van der Waals surface area (Å²) in [5, 5.41) is 3.11. The number of ether oxygens (including phenoxy) is 1. The van der Waals surface area contributed by atoms with Gasteiger partial charge in [-0.1, -0.05) is 15.9 Å². The summed E-state index contributed by atoms with van der Waals surface area (Å²) in [4.78, 5) is 4.03. The number of hydrogen-bond acceptors (Lipinski definition) is 3. The van der Waals surface area contributed by atoms with E-state index in [4.69, 9.17) is 4.74 Å². The van der Waals surface area contributed by atoms with E-state index >= 15 is 0 Å². The first kappa shape index (κ1) is 12.8. The van der Waals surface area contributed by atoms with Gasteiger partial charge in [0, 0.05) is 17.1 Å². The zero-order chi connectivity index (χ0) is 13.0. The average molecular weight is 311 g/mol. The third kappa shape index (κ3) is 3.20. The van der Waals surface area contributed by atoms with Gasteiger partial charge in [-0.05, 0) is 25.1 Å².